The number of esters is 1. The third-order valence-electron chi connectivity index (χ3n) is 5.48. The van der Waals surface area contributed by atoms with Gasteiger partial charge in [-0.1, -0.05) is 40.2 Å². The molecule has 1 N–H and O–H groups in total. The Morgan fingerprint density at radius 2 is 1.93 bits per heavy atom. The van der Waals surface area contributed by atoms with Gasteiger partial charge >= 0.3 is 5.97 Å². The molecule has 2 unspecified atom stereocenters. The van der Waals surface area contributed by atoms with Crippen LogP contribution in [0.5, 0.6) is 11.5 Å². The molecule has 1 aliphatic carbocycles. The maximum Gasteiger partial charge on any atom is 0.315 e. The molecular formula is C23H20BrNO5. The largest absolute Gasteiger partial charge is 0.504 e. The van der Waals surface area contributed by atoms with E-state index in [2.05, 4.69) is 20.9 Å². The van der Waals surface area contributed by atoms with Crippen molar-refractivity contribution >= 4 is 39.1 Å². The van der Waals surface area contributed by atoms with E-state index < -0.39 is 17.8 Å². The molecule has 0 radical (unpaired) electrons. The first-order valence-corrected chi connectivity index (χ1v) is 10.3. The Hall–Kier alpha value is -2.93. The van der Waals surface area contributed by atoms with Gasteiger partial charge in [0.1, 0.15) is 5.92 Å². The molecule has 0 bridgehead atoms. The number of ketones is 1. The van der Waals surface area contributed by atoms with Crippen LogP contribution >= 0.6 is 15.9 Å². The Balaban J connectivity index is 1.98. The number of allylic oxidation sites excluding steroid dienone is 1. The van der Waals surface area contributed by atoms with Crippen LogP contribution in [-0.2, 0) is 9.53 Å². The van der Waals surface area contributed by atoms with Gasteiger partial charge in [0.15, 0.2) is 17.3 Å². The highest BCUT2D eigenvalue weighted by Crippen LogP contribution is 2.50. The van der Waals surface area contributed by atoms with Gasteiger partial charge in [-0.3, -0.25) is 14.6 Å². The number of benzene rings is 2. The number of ether oxygens (including phenoxy) is 2. The van der Waals surface area contributed by atoms with Crippen molar-refractivity contribution in [3.63, 3.8) is 0 Å². The number of carbonyl (C=O) groups excluding carboxylic acids is 2. The summed E-state index contributed by atoms with van der Waals surface area (Å²) in [7, 11) is 1.32. The van der Waals surface area contributed by atoms with Crippen molar-refractivity contribution in [2.24, 2.45) is 10.9 Å². The zero-order valence-electron chi connectivity index (χ0n) is 16.7. The summed E-state index contributed by atoms with van der Waals surface area (Å²) in [4.78, 5) is 30.8. The van der Waals surface area contributed by atoms with Crippen LogP contribution in [-0.4, -0.2) is 36.3 Å². The first-order chi connectivity index (χ1) is 14.4. The Kier molecular flexibility index (Phi) is 5.24. The van der Waals surface area contributed by atoms with Gasteiger partial charge in [-0.25, -0.2) is 0 Å². The normalized spacial score (nSPS) is 19.9. The summed E-state index contributed by atoms with van der Waals surface area (Å²) in [5.74, 6) is -1.80. The molecule has 2 aromatic rings. The Labute approximate surface area is 182 Å². The molecule has 2 aliphatic rings. The Morgan fingerprint density at radius 3 is 2.60 bits per heavy atom. The summed E-state index contributed by atoms with van der Waals surface area (Å²) in [6, 6.07) is 10.5. The number of methoxy groups -OCH3 is 1. The van der Waals surface area contributed by atoms with Crippen molar-refractivity contribution in [3.8, 4) is 11.5 Å². The second-order valence-corrected chi connectivity index (χ2v) is 8.00. The molecule has 1 heterocycles. The van der Waals surface area contributed by atoms with Gasteiger partial charge in [0, 0.05) is 32.8 Å². The van der Waals surface area contributed by atoms with E-state index >= 15 is 0 Å². The van der Waals surface area contributed by atoms with E-state index in [1.165, 1.54) is 13.2 Å². The van der Waals surface area contributed by atoms with E-state index in [9.17, 15) is 14.7 Å². The minimum absolute atomic E-state index is 0.0291. The molecule has 0 spiro atoms. The number of Topliss-reactive ketones (excluding diaryl/α,β-unsaturated/α-hetero) is 1. The fourth-order valence-corrected chi connectivity index (χ4v) is 4.76. The zero-order valence-corrected chi connectivity index (χ0v) is 18.3. The summed E-state index contributed by atoms with van der Waals surface area (Å²) in [5.41, 5.74) is 3.56. The van der Waals surface area contributed by atoms with Crippen LogP contribution in [0.25, 0.3) is 5.70 Å². The molecule has 2 atom stereocenters. The molecule has 1 aliphatic heterocycles. The van der Waals surface area contributed by atoms with E-state index in [1.54, 1.807) is 19.1 Å². The molecule has 154 valence electrons. The van der Waals surface area contributed by atoms with E-state index in [-0.39, 0.29) is 17.3 Å². The summed E-state index contributed by atoms with van der Waals surface area (Å²) in [5, 5.41) is 10.3. The highest BCUT2D eigenvalue weighted by atomic mass is 79.9. The number of phenolic OH excluding ortho intramolecular Hbond substituents is 1. The van der Waals surface area contributed by atoms with Crippen molar-refractivity contribution < 1.29 is 24.2 Å². The van der Waals surface area contributed by atoms with E-state index in [0.29, 0.717) is 39.2 Å². The maximum atomic E-state index is 13.4. The van der Waals surface area contributed by atoms with E-state index in [0.717, 1.165) is 5.56 Å². The van der Waals surface area contributed by atoms with Gasteiger partial charge in [-0.2, -0.15) is 0 Å². The average molecular weight is 470 g/mol. The quantitative estimate of drug-likeness (QED) is 0.665. The van der Waals surface area contributed by atoms with Crippen molar-refractivity contribution in [1.29, 1.82) is 0 Å². The van der Waals surface area contributed by atoms with Crippen LogP contribution in [0.3, 0.4) is 0 Å². The van der Waals surface area contributed by atoms with Crippen LogP contribution < -0.4 is 4.74 Å². The minimum atomic E-state index is -0.776. The lowest BCUT2D eigenvalue weighted by molar-refractivity contribution is -0.143. The Morgan fingerprint density at radius 1 is 1.23 bits per heavy atom. The molecule has 7 heteroatoms. The van der Waals surface area contributed by atoms with Crippen LogP contribution in [0, 0.1) is 5.92 Å². The first-order valence-electron chi connectivity index (χ1n) is 9.55. The number of carbonyl (C=O) groups is 2. The summed E-state index contributed by atoms with van der Waals surface area (Å²) < 4.78 is 11.2. The zero-order chi connectivity index (χ0) is 21.6. The van der Waals surface area contributed by atoms with Gasteiger partial charge in [-0.05, 0) is 31.5 Å². The number of halogens is 1. The standard InChI is InChI=1S/C23H20BrNO5/c1-4-30-17-9-14(15(24)10-16(17)26)19-18(23(28)29-3)11(2)25-21-12-7-5-6-8-13(12)22(27)20(19)21/h5-10,18-19,26H,4H2,1-3H3. The fourth-order valence-electron chi connectivity index (χ4n) is 4.18. The molecule has 0 saturated heterocycles. The number of hydrogen-bond acceptors (Lipinski definition) is 6. The third-order valence-corrected chi connectivity index (χ3v) is 6.16. The average Bonchev–Trinajstić information content (AvgIpc) is 3.01. The topological polar surface area (TPSA) is 85.2 Å². The van der Waals surface area contributed by atoms with Gasteiger partial charge in [0.2, 0.25) is 0 Å². The molecular weight excluding hydrogens is 450 g/mol. The smallest absolute Gasteiger partial charge is 0.315 e. The van der Waals surface area contributed by atoms with Crippen LogP contribution in [0.1, 0.15) is 41.3 Å². The number of rotatable bonds is 4. The number of aromatic hydroxyl groups is 1. The molecule has 0 fully saturated rings. The van der Waals surface area contributed by atoms with E-state index in [4.69, 9.17) is 9.47 Å². The van der Waals surface area contributed by atoms with E-state index in [1.807, 2.05) is 25.1 Å². The summed E-state index contributed by atoms with van der Waals surface area (Å²) in [6.07, 6.45) is 0. The van der Waals surface area contributed by atoms with Gasteiger partial charge < -0.3 is 14.6 Å². The molecule has 4 rings (SSSR count). The number of nitrogens with zero attached hydrogens (tertiary/aromatic N) is 1. The first kappa shape index (κ1) is 20.3. The highest BCUT2D eigenvalue weighted by molar-refractivity contribution is 9.10. The minimum Gasteiger partial charge on any atom is -0.504 e. The predicted molar refractivity (Wildman–Crippen MR) is 116 cm³/mol. The number of hydrogen-bond donors (Lipinski definition) is 1. The lowest BCUT2D eigenvalue weighted by Crippen LogP contribution is -2.34. The Bertz CT molecular complexity index is 1130. The fraction of sp³-hybridized carbons (Fsp3) is 0.261. The van der Waals surface area contributed by atoms with Crippen molar-refractivity contribution in [3.05, 3.63) is 63.1 Å². The second kappa shape index (κ2) is 7.72. The maximum absolute atomic E-state index is 13.4. The van der Waals surface area contributed by atoms with Gasteiger partial charge in [0.05, 0.1) is 19.4 Å². The molecule has 0 amide bonds. The highest BCUT2D eigenvalue weighted by Gasteiger charge is 2.46. The van der Waals surface area contributed by atoms with Gasteiger partial charge in [0.25, 0.3) is 0 Å². The van der Waals surface area contributed by atoms with Crippen LogP contribution in [0.15, 0.2) is 51.4 Å². The molecule has 30 heavy (non-hydrogen) atoms. The van der Waals surface area contributed by atoms with Crippen molar-refractivity contribution in [1.82, 2.24) is 0 Å². The molecule has 6 nitrogen and oxygen atoms in total. The predicted octanol–water partition coefficient (Wildman–Crippen LogP) is 4.51. The monoisotopic (exact) mass is 469 g/mol. The third kappa shape index (κ3) is 3.04. The molecule has 0 aromatic heterocycles. The van der Waals surface area contributed by atoms with Crippen molar-refractivity contribution in [2.75, 3.05) is 13.7 Å². The summed E-state index contributed by atoms with van der Waals surface area (Å²) >= 11 is 3.50. The van der Waals surface area contributed by atoms with Crippen molar-refractivity contribution in [2.45, 2.75) is 19.8 Å². The van der Waals surface area contributed by atoms with Crippen LogP contribution in [0.4, 0.5) is 0 Å². The lowest BCUT2D eigenvalue weighted by Gasteiger charge is -2.31. The molecule has 2 aromatic carbocycles. The number of phenols is 1. The molecule has 0 saturated carbocycles. The SMILES string of the molecule is CCOc1cc(C2C3=C(N=C(C)C2C(=O)OC)c2ccccc2C3=O)c(Br)cc1O. The number of aliphatic imine (C=N–C) groups is 1. The second-order valence-electron chi connectivity index (χ2n) is 7.14. The summed E-state index contributed by atoms with van der Waals surface area (Å²) in [6.45, 7) is 3.94. The van der Waals surface area contributed by atoms with Crippen LogP contribution in [0.2, 0.25) is 0 Å². The number of fused-ring (bicyclic) bond motifs is 2. The lowest BCUT2D eigenvalue weighted by atomic mass is 9.75. The van der Waals surface area contributed by atoms with Gasteiger partial charge in [-0.15, -0.1) is 0 Å².